The van der Waals surface area contributed by atoms with Crippen LogP contribution in [0.2, 0.25) is 0 Å². The number of aryl methyl sites for hydroxylation is 2. The number of hydrogen-bond acceptors (Lipinski definition) is 5. The van der Waals surface area contributed by atoms with Gasteiger partial charge < -0.3 is 15.2 Å². The molecular formula is C20H19FN4O2. The molecule has 0 unspecified atom stereocenters. The lowest BCUT2D eigenvalue weighted by atomic mass is 10.0. The number of halogens is 1. The molecule has 0 aliphatic carbocycles. The van der Waals surface area contributed by atoms with Crippen LogP contribution in [0.25, 0.3) is 11.4 Å². The number of rotatable bonds is 4. The number of benzene rings is 2. The first-order valence-electron chi connectivity index (χ1n) is 8.79. The highest BCUT2D eigenvalue weighted by molar-refractivity contribution is 5.94. The molecule has 1 amide bonds. The standard InChI is InChI=1S/C20H19FN4O2/c1-11-3-4-14(10-16(11)21)19-24-20(27-25-19)12(2)22-15-6-7-17-13(9-15)5-8-18(26)23-17/h3-4,6-7,9-10,12,22H,5,8H2,1-2H3,(H,23,26)/t12-/m0/s1. The van der Waals surface area contributed by atoms with Gasteiger partial charge in [0.05, 0.1) is 0 Å². The molecular weight excluding hydrogens is 347 g/mol. The summed E-state index contributed by atoms with van der Waals surface area (Å²) in [5.41, 5.74) is 3.99. The number of anilines is 2. The van der Waals surface area contributed by atoms with Gasteiger partial charge in [-0.1, -0.05) is 17.3 Å². The van der Waals surface area contributed by atoms with E-state index in [0.29, 0.717) is 29.3 Å². The van der Waals surface area contributed by atoms with Crippen molar-refractivity contribution in [2.45, 2.75) is 32.7 Å². The van der Waals surface area contributed by atoms with Crippen molar-refractivity contribution in [3.8, 4) is 11.4 Å². The summed E-state index contributed by atoms with van der Waals surface area (Å²) in [5.74, 6) is 0.511. The molecule has 1 atom stereocenters. The monoisotopic (exact) mass is 366 g/mol. The van der Waals surface area contributed by atoms with Crippen molar-refractivity contribution in [1.82, 2.24) is 10.1 Å². The molecule has 0 fully saturated rings. The molecule has 2 heterocycles. The van der Waals surface area contributed by atoms with Gasteiger partial charge in [-0.25, -0.2) is 4.39 Å². The molecule has 27 heavy (non-hydrogen) atoms. The summed E-state index contributed by atoms with van der Waals surface area (Å²) in [6, 6.07) is 10.4. The molecule has 0 saturated heterocycles. The number of nitrogens with one attached hydrogen (secondary N) is 2. The van der Waals surface area contributed by atoms with Crippen LogP contribution in [0, 0.1) is 12.7 Å². The number of amides is 1. The van der Waals surface area contributed by atoms with Crippen LogP contribution in [0.3, 0.4) is 0 Å². The molecule has 1 aliphatic heterocycles. The van der Waals surface area contributed by atoms with Gasteiger partial charge >= 0.3 is 0 Å². The van der Waals surface area contributed by atoms with Crippen molar-refractivity contribution >= 4 is 17.3 Å². The first-order valence-corrected chi connectivity index (χ1v) is 8.79. The lowest BCUT2D eigenvalue weighted by molar-refractivity contribution is -0.116. The lowest BCUT2D eigenvalue weighted by Crippen LogP contribution is -2.19. The largest absolute Gasteiger partial charge is 0.374 e. The maximum absolute atomic E-state index is 13.8. The fourth-order valence-electron chi connectivity index (χ4n) is 3.05. The Morgan fingerprint density at radius 2 is 2.07 bits per heavy atom. The quantitative estimate of drug-likeness (QED) is 0.722. The molecule has 3 aromatic rings. The van der Waals surface area contributed by atoms with E-state index in [2.05, 4.69) is 20.8 Å². The highest BCUT2D eigenvalue weighted by atomic mass is 19.1. The molecule has 4 rings (SSSR count). The Hall–Kier alpha value is -3.22. The van der Waals surface area contributed by atoms with Gasteiger partial charge in [-0.2, -0.15) is 4.98 Å². The number of hydrogen-bond donors (Lipinski definition) is 2. The van der Waals surface area contributed by atoms with Crippen molar-refractivity contribution in [1.29, 1.82) is 0 Å². The van der Waals surface area contributed by atoms with E-state index in [0.717, 1.165) is 23.4 Å². The second kappa shape index (κ2) is 6.83. The second-order valence-electron chi connectivity index (χ2n) is 6.71. The van der Waals surface area contributed by atoms with Crippen molar-refractivity contribution in [2.24, 2.45) is 0 Å². The van der Waals surface area contributed by atoms with E-state index in [9.17, 15) is 9.18 Å². The minimum atomic E-state index is -0.300. The van der Waals surface area contributed by atoms with E-state index in [1.54, 1.807) is 19.1 Å². The molecule has 2 aromatic carbocycles. The van der Waals surface area contributed by atoms with Crippen LogP contribution in [-0.4, -0.2) is 16.0 Å². The Morgan fingerprint density at radius 3 is 2.89 bits per heavy atom. The third kappa shape index (κ3) is 3.53. The Morgan fingerprint density at radius 1 is 1.22 bits per heavy atom. The van der Waals surface area contributed by atoms with Crippen LogP contribution in [0.4, 0.5) is 15.8 Å². The summed E-state index contributed by atoms with van der Waals surface area (Å²) in [6.45, 7) is 3.62. The van der Waals surface area contributed by atoms with Gasteiger partial charge in [-0.3, -0.25) is 4.79 Å². The fourth-order valence-corrected chi connectivity index (χ4v) is 3.05. The van der Waals surface area contributed by atoms with E-state index >= 15 is 0 Å². The van der Waals surface area contributed by atoms with Gasteiger partial charge in [0.15, 0.2) is 0 Å². The molecule has 138 valence electrons. The average molecular weight is 366 g/mol. The first kappa shape index (κ1) is 17.2. The zero-order valence-corrected chi connectivity index (χ0v) is 15.0. The molecule has 1 aromatic heterocycles. The van der Waals surface area contributed by atoms with Gasteiger partial charge in [0.1, 0.15) is 11.9 Å². The Labute approximate surface area is 155 Å². The molecule has 0 bridgehead atoms. The molecule has 6 nitrogen and oxygen atoms in total. The van der Waals surface area contributed by atoms with Crippen LogP contribution in [0.5, 0.6) is 0 Å². The van der Waals surface area contributed by atoms with Crippen molar-refractivity contribution in [2.75, 3.05) is 10.6 Å². The summed E-state index contributed by atoms with van der Waals surface area (Å²) in [6.07, 6.45) is 1.21. The summed E-state index contributed by atoms with van der Waals surface area (Å²) < 4.78 is 19.1. The fraction of sp³-hybridized carbons (Fsp3) is 0.250. The van der Waals surface area contributed by atoms with Crippen LogP contribution < -0.4 is 10.6 Å². The Bertz CT molecular complexity index is 1010. The molecule has 0 spiro atoms. The number of carbonyl (C=O) groups is 1. The summed E-state index contributed by atoms with van der Waals surface area (Å²) in [5, 5.41) is 10.1. The highest BCUT2D eigenvalue weighted by Crippen LogP contribution is 2.28. The summed E-state index contributed by atoms with van der Waals surface area (Å²) in [7, 11) is 0. The lowest BCUT2D eigenvalue weighted by Gasteiger charge is -2.19. The van der Waals surface area contributed by atoms with Crippen molar-refractivity contribution in [3.05, 3.63) is 59.2 Å². The Kier molecular flexibility index (Phi) is 4.35. The minimum absolute atomic E-state index is 0.0440. The number of aromatic nitrogens is 2. The molecule has 0 radical (unpaired) electrons. The van der Waals surface area contributed by atoms with Gasteiger partial charge in [-0.05, 0) is 55.7 Å². The van der Waals surface area contributed by atoms with Gasteiger partial charge in [0.25, 0.3) is 0 Å². The van der Waals surface area contributed by atoms with E-state index in [1.165, 1.54) is 6.07 Å². The summed E-state index contributed by atoms with van der Waals surface area (Å²) >= 11 is 0. The number of carbonyl (C=O) groups excluding carboxylic acids is 1. The molecule has 2 N–H and O–H groups in total. The normalized spacial score (nSPS) is 14.4. The van der Waals surface area contributed by atoms with Gasteiger partial charge in [-0.15, -0.1) is 0 Å². The van der Waals surface area contributed by atoms with Gasteiger partial charge in [0, 0.05) is 23.4 Å². The number of fused-ring (bicyclic) bond motifs is 1. The molecule has 1 aliphatic rings. The molecule has 7 heteroatoms. The topological polar surface area (TPSA) is 80.0 Å². The SMILES string of the molecule is Cc1ccc(-c2noc([C@H](C)Nc3ccc4c(c3)CCC(=O)N4)n2)cc1F. The minimum Gasteiger partial charge on any atom is -0.374 e. The van der Waals surface area contributed by atoms with Crippen LogP contribution in [0.1, 0.15) is 36.4 Å². The Balaban J connectivity index is 1.50. The zero-order chi connectivity index (χ0) is 19.0. The van der Waals surface area contributed by atoms with Crippen LogP contribution in [-0.2, 0) is 11.2 Å². The van der Waals surface area contributed by atoms with E-state index < -0.39 is 0 Å². The highest BCUT2D eigenvalue weighted by Gasteiger charge is 2.18. The summed E-state index contributed by atoms with van der Waals surface area (Å²) in [4.78, 5) is 15.8. The van der Waals surface area contributed by atoms with Crippen LogP contribution in [0.15, 0.2) is 40.9 Å². The number of nitrogens with zero attached hydrogens (tertiary/aromatic N) is 2. The van der Waals surface area contributed by atoms with Gasteiger partial charge in [0.2, 0.25) is 17.6 Å². The second-order valence-corrected chi connectivity index (χ2v) is 6.71. The maximum Gasteiger partial charge on any atom is 0.249 e. The third-order valence-electron chi connectivity index (χ3n) is 4.63. The van der Waals surface area contributed by atoms with Crippen LogP contribution >= 0.6 is 0 Å². The van der Waals surface area contributed by atoms with E-state index in [4.69, 9.17) is 4.52 Å². The average Bonchev–Trinajstić information content (AvgIpc) is 3.14. The predicted octanol–water partition coefficient (Wildman–Crippen LogP) is 4.24. The maximum atomic E-state index is 13.8. The zero-order valence-electron chi connectivity index (χ0n) is 15.0. The van der Waals surface area contributed by atoms with E-state index in [-0.39, 0.29) is 17.8 Å². The van der Waals surface area contributed by atoms with E-state index in [1.807, 2.05) is 25.1 Å². The molecule has 0 saturated carbocycles. The van der Waals surface area contributed by atoms with Crippen molar-refractivity contribution in [3.63, 3.8) is 0 Å². The smallest absolute Gasteiger partial charge is 0.249 e. The predicted molar refractivity (Wildman–Crippen MR) is 99.9 cm³/mol. The van der Waals surface area contributed by atoms with Crippen molar-refractivity contribution < 1.29 is 13.7 Å². The third-order valence-corrected chi connectivity index (χ3v) is 4.63. The first-order chi connectivity index (χ1) is 13.0.